The highest BCUT2D eigenvalue weighted by atomic mass is 19.1. The number of aromatic nitrogens is 4. The van der Waals surface area contributed by atoms with Crippen molar-refractivity contribution in [3.8, 4) is 28.8 Å². The van der Waals surface area contributed by atoms with Crippen molar-refractivity contribution in [3.63, 3.8) is 0 Å². The Bertz CT molecular complexity index is 1660. The Hall–Kier alpha value is -4.82. The lowest BCUT2D eigenvalue weighted by atomic mass is 10.1. The Morgan fingerprint density at radius 3 is 2.78 bits per heavy atom. The number of nitrogens with one attached hydrogen (secondary N) is 1. The average molecular weight is 553 g/mol. The summed E-state index contributed by atoms with van der Waals surface area (Å²) in [6.45, 7) is 1.74. The summed E-state index contributed by atoms with van der Waals surface area (Å²) in [7, 11) is 0. The third kappa shape index (κ3) is 5.34. The van der Waals surface area contributed by atoms with Crippen molar-refractivity contribution < 1.29 is 13.9 Å². The van der Waals surface area contributed by atoms with Gasteiger partial charge in [-0.3, -0.25) is 4.79 Å². The fraction of sp³-hybridized carbons (Fsp3) is 0.300. The number of halogens is 1. The summed E-state index contributed by atoms with van der Waals surface area (Å²) in [5.74, 6) is 0.305. The van der Waals surface area contributed by atoms with Crippen molar-refractivity contribution in [2.45, 2.75) is 44.3 Å². The Morgan fingerprint density at radius 1 is 1.17 bits per heavy atom. The molecule has 6 rings (SSSR count). The molecule has 4 heterocycles. The fourth-order valence-corrected chi connectivity index (χ4v) is 5.58. The van der Waals surface area contributed by atoms with Gasteiger partial charge in [0.05, 0.1) is 18.0 Å². The average Bonchev–Trinajstić information content (AvgIpc) is 3.74. The number of carbonyl (C=O) groups excluding carboxylic acids is 1. The fourth-order valence-electron chi connectivity index (χ4n) is 5.58. The zero-order valence-electron chi connectivity index (χ0n) is 22.3. The summed E-state index contributed by atoms with van der Waals surface area (Å²) in [5, 5.41) is 18.2. The van der Waals surface area contributed by atoms with Gasteiger partial charge in [-0.05, 0) is 62.6 Å². The second-order valence-electron chi connectivity index (χ2n) is 10.2. The molecule has 208 valence electrons. The van der Waals surface area contributed by atoms with Gasteiger partial charge in [-0.25, -0.2) is 19.0 Å². The number of fused-ring (bicyclic) bond motifs is 1. The van der Waals surface area contributed by atoms with Crippen molar-refractivity contribution in [2.24, 2.45) is 0 Å². The monoisotopic (exact) mass is 552 g/mol. The Labute approximate surface area is 236 Å². The zero-order valence-corrected chi connectivity index (χ0v) is 22.3. The van der Waals surface area contributed by atoms with Gasteiger partial charge >= 0.3 is 0 Å². The third-order valence-corrected chi connectivity index (χ3v) is 7.57. The minimum absolute atomic E-state index is 0.0336. The molecule has 10 nitrogen and oxygen atoms in total. The number of amides is 1. The van der Waals surface area contributed by atoms with Crippen LogP contribution in [0, 0.1) is 17.1 Å². The van der Waals surface area contributed by atoms with Crippen LogP contribution in [-0.2, 0) is 11.3 Å². The quantitative estimate of drug-likeness (QED) is 0.257. The van der Waals surface area contributed by atoms with Crippen LogP contribution < -0.4 is 15.8 Å². The second-order valence-corrected chi connectivity index (χ2v) is 10.2. The summed E-state index contributed by atoms with van der Waals surface area (Å²) in [5.41, 5.74) is 7.38. The standard InChI is InChI=1S/C30H29FN8O2/c31-25-15-23(41-22-8-2-1-3-9-22)10-11-24(25)27-26-28(33)35-18-36-29(26)39(37-27)17-21-7-5-13-38(21)30(40)19(16-32)14-20-6-4-12-34-20/h1-3,8-11,14-15,18,20-21,34H,4-7,12-13,17H2,(H2,33,35,36)/b19-14-/t20-,21+/m0/s1. The molecule has 1 amide bonds. The first-order valence-corrected chi connectivity index (χ1v) is 13.7. The Kier molecular flexibility index (Phi) is 7.31. The summed E-state index contributed by atoms with van der Waals surface area (Å²) in [4.78, 5) is 23.7. The molecule has 2 aromatic heterocycles. The number of para-hydroxylation sites is 1. The highest BCUT2D eigenvalue weighted by Crippen LogP contribution is 2.35. The van der Waals surface area contributed by atoms with Gasteiger partial charge in [0.25, 0.3) is 5.91 Å². The molecule has 2 atom stereocenters. The number of hydrogen-bond donors (Lipinski definition) is 2. The highest BCUT2D eigenvalue weighted by molar-refractivity contribution is 5.99. The van der Waals surface area contributed by atoms with E-state index in [4.69, 9.17) is 15.6 Å². The number of ether oxygens (including phenoxy) is 1. The molecule has 0 spiro atoms. The third-order valence-electron chi connectivity index (χ3n) is 7.57. The predicted octanol–water partition coefficient (Wildman–Crippen LogP) is 4.20. The van der Waals surface area contributed by atoms with E-state index in [1.54, 1.807) is 39.9 Å². The van der Waals surface area contributed by atoms with Crippen molar-refractivity contribution >= 4 is 22.8 Å². The number of likely N-dealkylation sites (tertiary alicyclic amines) is 1. The van der Waals surface area contributed by atoms with Gasteiger partial charge in [0, 0.05) is 24.2 Å². The molecule has 0 unspecified atom stereocenters. The molecule has 2 saturated heterocycles. The van der Waals surface area contributed by atoms with Crippen LogP contribution in [0.1, 0.15) is 25.7 Å². The molecular formula is C30H29FN8O2. The van der Waals surface area contributed by atoms with Crippen LogP contribution in [-0.4, -0.2) is 55.7 Å². The van der Waals surface area contributed by atoms with Crippen LogP contribution in [0.3, 0.4) is 0 Å². The van der Waals surface area contributed by atoms with Gasteiger partial charge in [-0.15, -0.1) is 0 Å². The topological polar surface area (TPSA) is 135 Å². The van der Waals surface area contributed by atoms with E-state index in [0.717, 1.165) is 32.2 Å². The first-order chi connectivity index (χ1) is 20.0. The zero-order chi connectivity index (χ0) is 28.3. The van der Waals surface area contributed by atoms with Crippen LogP contribution >= 0.6 is 0 Å². The molecule has 0 bridgehead atoms. The molecule has 2 aromatic carbocycles. The van der Waals surface area contributed by atoms with E-state index in [1.807, 2.05) is 18.2 Å². The second kappa shape index (κ2) is 11.3. The van der Waals surface area contributed by atoms with E-state index >= 15 is 4.39 Å². The number of nitriles is 1. The van der Waals surface area contributed by atoms with Crippen LogP contribution in [0.2, 0.25) is 0 Å². The summed E-state index contributed by atoms with van der Waals surface area (Å²) in [6, 6.07) is 15.6. The van der Waals surface area contributed by atoms with E-state index in [-0.39, 0.29) is 34.9 Å². The summed E-state index contributed by atoms with van der Waals surface area (Å²) >= 11 is 0. The molecule has 4 aromatic rings. The van der Waals surface area contributed by atoms with E-state index in [9.17, 15) is 10.1 Å². The Morgan fingerprint density at radius 2 is 2.02 bits per heavy atom. The van der Waals surface area contributed by atoms with Crippen LogP contribution in [0.15, 0.2) is 66.5 Å². The smallest absolute Gasteiger partial charge is 0.264 e. The maximum absolute atomic E-state index is 15.5. The molecule has 2 aliphatic heterocycles. The molecule has 0 radical (unpaired) electrons. The van der Waals surface area contributed by atoms with Crippen molar-refractivity contribution in [3.05, 3.63) is 72.3 Å². The van der Waals surface area contributed by atoms with Crippen molar-refractivity contribution in [1.82, 2.24) is 30.0 Å². The normalized spacial score (nSPS) is 19.0. The molecule has 3 N–H and O–H groups in total. The molecule has 41 heavy (non-hydrogen) atoms. The molecular weight excluding hydrogens is 523 g/mol. The number of hydrogen-bond acceptors (Lipinski definition) is 8. The van der Waals surface area contributed by atoms with Crippen LogP contribution in [0.5, 0.6) is 11.5 Å². The summed E-state index contributed by atoms with van der Waals surface area (Å²) in [6.07, 6.45) is 6.55. The van der Waals surface area contributed by atoms with Crippen LogP contribution in [0.4, 0.5) is 10.2 Å². The van der Waals surface area contributed by atoms with Gasteiger partial charge in [0.2, 0.25) is 0 Å². The number of nitrogens with zero attached hydrogens (tertiary/aromatic N) is 6. The SMILES string of the molecule is N#C/C(=C/[C@@H]1CCCN1)C(=O)N1CCC[C@@H]1Cn1nc(-c2ccc(Oc3ccccc3)cc2F)c2c(N)ncnc21. The molecule has 2 fully saturated rings. The number of carbonyl (C=O) groups is 1. The van der Waals surface area contributed by atoms with E-state index in [2.05, 4.69) is 21.4 Å². The highest BCUT2D eigenvalue weighted by Gasteiger charge is 2.33. The largest absolute Gasteiger partial charge is 0.457 e. The van der Waals surface area contributed by atoms with Crippen molar-refractivity contribution in [2.75, 3.05) is 18.8 Å². The maximum atomic E-state index is 15.5. The first-order valence-electron chi connectivity index (χ1n) is 13.7. The lowest BCUT2D eigenvalue weighted by molar-refractivity contribution is -0.127. The number of nitrogen functional groups attached to an aromatic ring is 1. The van der Waals surface area contributed by atoms with E-state index < -0.39 is 5.82 Å². The molecule has 0 aliphatic carbocycles. The first kappa shape index (κ1) is 26.4. The predicted molar refractivity (Wildman–Crippen MR) is 151 cm³/mol. The number of rotatable bonds is 7. The van der Waals surface area contributed by atoms with E-state index in [0.29, 0.717) is 41.3 Å². The molecule has 11 heteroatoms. The van der Waals surface area contributed by atoms with E-state index in [1.165, 1.54) is 12.4 Å². The minimum Gasteiger partial charge on any atom is -0.457 e. The summed E-state index contributed by atoms with van der Waals surface area (Å²) < 4.78 is 22.9. The van der Waals surface area contributed by atoms with Gasteiger partial charge in [0.1, 0.15) is 46.8 Å². The maximum Gasteiger partial charge on any atom is 0.264 e. The Balaban J connectivity index is 1.30. The lowest BCUT2D eigenvalue weighted by Gasteiger charge is -2.24. The van der Waals surface area contributed by atoms with Crippen LogP contribution in [0.25, 0.3) is 22.3 Å². The number of benzene rings is 2. The van der Waals surface area contributed by atoms with Crippen molar-refractivity contribution in [1.29, 1.82) is 5.26 Å². The van der Waals surface area contributed by atoms with Gasteiger partial charge < -0.3 is 20.7 Å². The van der Waals surface area contributed by atoms with Gasteiger partial charge in [-0.1, -0.05) is 18.2 Å². The molecule has 0 saturated carbocycles. The number of nitrogens with two attached hydrogens (primary N) is 1. The number of anilines is 1. The molecule has 2 aliphatic rings. The minimum atomic E-state index is -0.532. The lowest BCUT2D eigenvalue weighted by Crippen LogP contribution is -2.39. The van der Waals surface area contributed by atoms with Gasteiger partial charge in [-0.2, -0.15) is 10.4 Å². The van der Waals surface area contributed by atoms with Gasteiger partial charge in [0.15, 0.2) is 5.65 Å².